The highest BCUT2D eigenvalue weighted by molar-refractivity contribution is 5.79. The lowest BCUT2D eigenvalue weighted by Crippen LogP contribution is -2.10. The molecule has 2 N–H and O–H groups in total. The molecule has 4 heteroatoms. The highest BCUT2D eigenvalue weighted by Crippen LogP contribution is 1.88. The molecule has 0 aliphatic rings. The number of aliphatic carboxylic acids is 1. The molecule has 0 rings (SSSR count). The van der Waals surface area contributed by atoms with Crippen LogP contribution < -0.4 is 5.32 Å². The van der Waals surface area contributed by atoms with Gasteiger partial charge in [0.1, 0.15) is 0 Å². The summed E-state index contributed by atoms with van der Waals surface area (Å²) in [4.78, 5) is 10.1. The average Bonchev–Trinajstić information content (AvgIpc) is 2.15. The third-order valence-corrected chi connectivity index (χ3v) is 1.60. The summed E-state index contributed by atoms with van der Waals surface area (Å²) in [7, 11) is 0. The standard InChI is InChI=1S/C10H19NO3/c1-2-3-8-14-9-4-6-11-7-5-10(12)13/h5,7,11H,2-4,6,8-9H2,1H3,(H,12,13)/b7-5+. The van der Waals surface area contributed by atoms with Crippen molar-refractivity contribution in [2.24, 2.45) is 0 Å². The van der Waals surface area contributed by atoms with Gasteiger partial charge in [0.25, 0.3) is 0 Å². The third-order valence-electron chi connectivity index (χ3n) is 1.60. The van der Waals surface area contributed by atoms with Crippen LogP contribution in [0.15, 0.2) is 12.3 Å². The van der Waals surface area contributed by atoms with Gasteiger partial charge in [-0.15, -0.1) is 0 Å². The fourth-order valence-corrected chi connectivity index (χ4v) is 0.838. The summed E-state index contributed by atoms with van der Waals surface area (Å²) in [5, 5.41) is 11.1. The van der Waals surface area contributed by atoms with Crippen molar-refractivity contribution >= 4 is 5.97 Å². The molecule has 0 aliphatic heterocycles. The maximum Gasteiger partial charge on any atom is 0.329 e. The topological polar surface area (TPSA) is 58.6 Å². The van der Waals surface area contributed by atoms with Crippen molar-refractivity contribution in [3.05, 3.63) is 12.3 Å². The lowest BCUT2D eigenvalue weighted by Gasteiger charge is -2.02. The summed E-state index contributed by atoms with van der Waals surface area (Å²) in [5.41, 5.74) is 0. The van der Waals surface area contributed by atoms with Crippen molar-refractivity contribution in [3.8, 4) is 0 Å². The molecular formula is C10H19NO3. The zero-order chi connectivity index (χ0) is 10.6. The van der Waals surface area contributed by atoms with Gasteiger partial charge in [-0.3, -0.25) is 0 Å². The van der Waals surface area contributed by atoms with Crippen molar-refractivity contribution in [3.63, 3.8) is 0 Å². The second kappa shape index (κ2) is 10.1. The Morgan fingerprint density at radius 3 is 2.79 bits per heavy atom. The Morgan fingerprint density at radius 2 is 2.14 bits per heavy atom. The Morgan fingerprint density at radius 1 is 1.43 bits per heavy atom. The van der Waals surface area contributed by atoms with Crippen LogP contribution in [-0.2, 0) is 9.53 Å². The van der Waals surface area contributed by atoms with Gasteiger partial charge in [0, 0.05) is 32.0 Å². The van der Waals surface area contributed by atoms with Crippen molar-refractivity contribution in [1.29, 1.82) is 0 Å². The van der Waals surface area contributed by atoms with E-state index in [4.69, 9.17) is 9.84 Å². The van der Waals surface area contributed by atoms with Crippen LogP contribution in [0.2, 0.25) is 0 Å². The summed E-state index contributed by atoms with van der Waals surface area (Å²) in [6.07, 6.45) is 5.67. The molecule has 0 saturated heterocycles. The van der Waals surface area contributed by atoms with Crippen molar-refractivity contribution in [2.75, 3.05) is 19.8 Å². The Balaban J connectivity index is 3.02. The number of carboxylic acid groups (broad SMARTS) is 1. The number of ether oxygens (including phenoxy) is 1. The van der Waals surface area contributed by atoms with E-state index in [0.717, 1.165) is 45.1 Å². The number of carboxylic acids is 1. The summed E-state index contributed by atoms with van der Waals surface area (Å²) in [6, 6.07) is 0. The van der Waals surface area contributed by atoms with Crippen LogP contribution in [0.3, 0.4) is 0 Å². The molecule has 0 radical (unpaired) electrons. The first-order valence-corrected chi connectivity index (χ1v) is 4.98. The summed E-state index contributed by atoms with van der Waals surface area (Å²) < 4.78 is 5.32. The first-order valence-electron chi connectivity index (χ1n) is 4.98. The summed E-state index contributed by atoms with van der Waals surface area (Å²) >= 11 is 0. The Hall–Kier alpha value is -1.03. The van der Waals surface area contributed by atoms with Crippen LogP contribution >= 0.6 is 0 Å². The van der Waals surface area contributed by atoms with Gasteiger partial charge in [-0.2, -0.15) is 0 Å². The van der Waals surface area contributed by atoms with E-state index < -0.39 is 5.97 Å². The van der Waals surface area contributed by atoms with Gasteiger partial charge in [0.2, 0.25) is 0 Å². The molecule has 4 nitrogen and oxygen atoms in total. The van der Waals surface area contributed by atoms with Crippen LogP contribution in [0, 0.1) is 0 Å². The quantitative estimate of drug-likeness (QED) is 0.437. The van der Waals surface area contributed by atoms with E-state index in [-0.39, 0.29) is 0 Å². The SMILES string of the molecule is CCCCOCCCN/C=C/C(=O)O. The van der Waals surface area contributed by atoms with Gasteiger partial charge in [-0.1, -0.05) is 13.3 Å². The molecule has 0 aromatic rings. The number of hydrogen-bond acceptors (Lipinski definition) is 3. The fourth-order valence-electron chi connectivity index (χ4n) is 0.838. The molecule has 14 heavy (non-hydrogen) atoms. The monoisotopic (exact) mass is 201 g/mol. The summed E-state index contributed by atoms with van der Waals surface area (Å²) in [5.74, 6) is -0.934. The number of nitrogens with one attached hydrogen (secondary N) is 1. The number of rotatable bonds is 9. The summed E-state index contributed by atoms with van der Waals surface area (Å²) in [6.45, 7) is 4.42. The van der Waals surface area contributed by atoms with Gasteiger partial charge in [-0.25, -0.2) is 4.79 Å². The molecule has 0 bridgehead atoms. The molecule has 0 atom stereocenters. The largest absolute Gasteiger partial charge is 0.478 e. The highest BCUT2D eigenvalue weighted by atomic mass is 16.5. The Bertz CT molecular complexity index is 169. The van der Waals surface area contributed by atoms with Crippen LogP contribution in [0.4, 0.5) is 0 Å². The fraction of sp³-hybridized carbons (Fsp3) is 0.700. The maximum atomic E-state index is 10.1. The molecule has 0 fully saturated rings. The van der Waals surface area contributed by atoms with Crippen molar-refractivity contribution < 1.29 is 14.6 Å². The molecule has 0 amide bonds. The molecular weight excluding hydrogens is 182 g/mol. The third kappa shape index (κ3) is 11.0. The minimum absolute atomic E-state index is 0.730. The van der Waals surface area contributed by atoms with Crippen LogP contribution in [0.25, 0.3) is 0 Å². The smallest absolute Gasteiger partial charge is 0.329 e. The lowest BCUT2D eigenvalue weighted by molar-refractivity contribution is -0.131. The van der Waals surface area contributed by atoms with E-state index in [1.807, 2.05) is 0 Å². The van der Waals surface area contributed by atoms with Crippen molar-refractivity contribution in [2.45, 2.75) is 26.2 Å². The molecule has 0 saturated carbocycles. The molecule has 0 heterocycles. The van der Waals surface area contributed by atoms with E-state index in [2.05, 4.69) is 12.2 Å². The van der Waals surface area contributed by atoms with Gasteiger partial charge >= 0.3 is 5.97 Å². The van der Waals surface area contributed by atoms with Crippen LogP contribution in [0.1, 0.15) is 26.2 Å². The first-order chi connectivity index (χ1) is 6.77. The molecule has 0 aliphatic carbocycles. The average molecular weight is 201 g/mol. The van der Waals surface area contributed by atoms with Gasteiger partial charge in [0.15, 0.2) is 0 Å². The predicted octanol–water partition coefficient (Wildman–Crippen LogP) is 1.38. The van der Waals surface area contributed by atoms with E-state index in [9.17, 15) is 4.79 Å². The number of hydrogen-bond donors (Lipinski definition) is 2. The van der Waals surface area contributed by atoms with E-state index >= 15 is 0 Å². The number of carbonyl (C=O) groups is 1. The van der Waals surface area contributed by atoms with E-state index in [1.165, 1.54) is 6.20 Å². The molecule has 0 aromatic carbocycles. The molecule has 0 spiro atoms. The van der Waals surface area contributed by atoms with Crippen LogP contribution in [-0.4, -0.2) is 30.8 Å². The lowest BCUT2D eigenvalue weighted by atomic mass is 10.4. The second-order valence-corrected chi connectivity index (χ2v) is 2.95. The molecule has 0 unspecified atom stereocenters. The van der Waals surface area contributed by atoms with Gasteiger partial charge < -0.3 is 15.2 Å². The molecule has 0 aromatic heterocycles. The zero-order valence-electron chi connectivity index (χ0n) is 8.66. The zero-order valence-corrected chi connectivity index (χ0v) is 8.66. The number of unbranched alkanes of at least 4 members (excludes halogenated alkanes) is 1. The van der Waals surface area contributed by atoms with E-state index in [0.29, 0.717) is 0 Å². The molecule has 82 valence electrons. The van der Waals surface area contributed by atoms with Crippen molar-refractivity contribution in [1.82, 2.24) is 5.32 Å². The van der Waals surface area contributed by atoms with E-state index in [1.54, 1.807) is 0 Å². The Labute approximate surface area is 85.0 Å². The van der Waals surface area contributed by atoms with Gasteiger partial charge in [-0.05, 0) is 12.8 Å². The minimum atomic E-state index is -0.934. The highest BCUT2D eigenvalue weighted by Gasteiger charge is 1.88. The predicted molar refractivity (Wildman–Crippen MR) is 55.1 cm³/mol. The second-order valence-electron chi connectivity index (χ2n) is 2.95. The van der Waals surface area contributed by atoms with Gasteiger partial charge in [0.05, 0.1) is 0 Å². The van der Waals surface area contributed by atoms with Crippen LogP contribution in [0.5, 0.6) is 0 Å². The normalized spacial score (nSPS) is 10.6. The Kier molecular flexibility index (Phi) is 9.31. The first kappa shape index (κ1) is 13.0. The maximum absolute atomic E-state index is 10.1. The minimum Gasteiger partial charge on any atom is -0.478 e.